The lowest BCUT2D eigenvalue weighted by Crippen LogP contribution is -2.14. The molecule has 0 saturated carbocycles. The van der Waals surface area contributed by atoms with Crippen molar-refractivity contribution in [2.45, 2.75) is 19.7 Å². The van der Waals surface area contributed by atoms with Crippen molar-refractivity contribution in [3.63, 3.8) is 0 Å². The second-order valence-electron chi connectivity index (χ2n) is 5.67. The Kier molecular flexibility index (Phi) is 9.43. The Morgan fingerprint density at radius 1 is 0.846 bits per heavy atom. The molecule has 2 aliphatic rings. The molecule has 0 radical (unpaired) electrons. The number of hydrogen-bond acceptors (Lipinski definition) is 8. The van der Waals surface area contributed by atoms with Crippen LogP contribution in [0.15, 0.2) is 44.9 Å². The Balaban J connectivity index is 1.84. The van der Waals surface area contributed by atoms with Crippen LogP contribution in [0.4, 0.5) is 0 Å². The third-order valence-corrected chi connectivity index (χ3v) is 13.6. The summed E-state index contributed by atoms with van der Waals surface area (Å²) < 4.78 is 1.07. The maximum atomic E-state index is 4.46. The van der Waals surface area contributed by atoms with Gasteiger partial charge < -0.3 is 0 Å². The van der Waals surface area contributed by atoms with Gasteiger partial charge in [-0.15, -0.1) is 47.0 Å². The lowest BCUT2D eigenvalue weighted by atomic mass is 10.0. The van der Waals surface area contributed by atoms with Gasteiger partial charge in [0.15, 0.2) is 0 Å². The fraction of sp³-hybridized carbons (Fsp3) is 0.444. The molecule has 2 heterocycles. The first-order chi connectivity index (χ1) is 12.7. The highest BCUT2D eigenvalue weighted by Gasteiger charge is 2.34. The van der Waals surface area contributed by atoms with Crippen molar-refractivity contribution >= 4 is 95.8 Å². The van der Waals surface area contributed by atoms with Crippen molar-refractivity contribution < 1.29 is 0 Å². The highest BCUT2D eigenvalue weighted by Crippen LogP contribution is 2.55. The zero-order valence-electron chi connectivity index (χ0n) is 14.5. The Hall–Kier alpha value is 1.50. The molecular formula is C18H22S8. The quantitative estimate of drug-likeness (QED) is 0.354. The molecule has 1 aromatic rings. The van der Waals surface area contributed by atoms with Gasteiger partial charge in [0.05, 0.1) is 19.7 Å². The molecule has 0 aromatic heterocycles. The average Bonchev–Trinajstić information content (AvgIpc) is 3.34. The first-order valence-corrected chi connectivity index (χ1v) is 15.6. The van der Waals surface area contributed by atoms with Gasteiger partial charge in [-0.3, -0.25) is 0 Å². The minimum Gasteiger partial charge on any atom is -0.174 e. The second-order valence-corrected chi connectivity index (χ2v) is 13.4. The highest BCUT2D eigenvalue weighted by molar-refractivity contribution is 8.24. The van der Waals surface area contributed by atoms with E-state index in [4.69, 9.17) is 0 Å². The van der Waals surface area contributed by atoms with Crippen molar-refractivity contribution in [1.82, 2.24) is 0 Å². The molecule has 0 spiro atoms. The van der Waals surface area contributed by atoms with E-state index in [1.807, 2.05) is 70.6 Å². The van der Waals surface area contributed by atoms with Crippen molar-refractivity contribution in [3.8, 4) is 0 Å². The first kappa shape index (κ1) is 22.2. The lowest BCUT2D eigenvalue weighted by Gasteiger charge is -2.28. The van der Waals surface area contributed by atoms with Crippen molar-refractivity contribution in [2.24, 2.45) is 0 Å². The van der Waals surface area contributed by atoms with Crippen LogP contribution in [-0.2, 0) is 0 Å². The van der Waals surface area contributed by atoms with Crippen LogP contribution in [0, 0.1) is 0 Å². The van der Waals surface area contributed by atoms with Gasteiger partial charge in [-0.25, -0.2) is 0 Å². The van der Waals surface area contributed by atoms with Gasteiger partial charge in [0.1, 0.15) is 0 Å². The van der Waals surface area contributed by atoms with E-state index in [-0.39, 0.29) is 0 Å². The highest BCUT2D eigenvalue weighted by atomic mass is 32.2. The standard InChI is InChI=1S/C18H22S8/c1-21-15(17-23-9-11(7-19)25-17)13-5-3-4-6-14(13)16(22-2)18-24-10-12(8-20)26-18/h3-6,9-10,15-20H,7-8H2,1-2H3. The molecular weight excluding hydrogens is 473 g/mol. The number of hydrogen-bond donors (Lipinski definition) is 2. The van der Waals surface area contributed by atoms with E-state index in [0.717, 1.165) is 11.5 Å². The van der Waals surface area contributed by atoms with Crippen LogP contribution in [0.2, 0.25) is 0 Å². The van der Waals surface area contributed by atoms with E-state index >= 15 is 0 Å². The second kappa shape index (κ2) is 11.0. The summed E-state index contributed by atoms with van der Waals surface area (Å²) in [5.74, 6) is 1.69. The number of benzene rings is 1. The van der Waals surface area contributed by atoms with Gasteiger partial charge >= 0.3 is 0 Å². The third-order valence-electron chi connectivity index (χ3n) is 4.13. The van der Waals surface area contributed by atoms with Crippen molar-refractivity contribution in [2.75, 3.05) is 24.0 Å². The Labute approximate surface area is 193 Å². The number of thioether (sulfide) groups is 6. The van der Waals surface area contributed by atoms with Gasteiger partial charge in [-0.1, -0.05) is 24.3 Å². The molecule has 4 atom stereocenters. The maximum absolute atomic E-state index is 4.46. The summed E-state index contributed by atoms with van der Waals surface area (Å²) in [4.78, 5) is 2.79. The zero-order chi connectivity index (χ0) is 18.5. The minimum absolute atomic E-state index is 0.484. The SMILES string of the molecule is CSC(c1ccccc1C(SC)C1SC=C(CS)S1)C1SC=C(CS)S1. The van der Waals surface area contributed by atoms with E-state index in [1.165, 1.54) is 20.9 Å². The Morgan fingerprint density at radius 3 is 1.58 bits per heavy atom. The summed E-state index contributed by atoms with van der Waals surface area (Å²) in [5.41, 5.74) is 3.00. The van der Waals surface area contributed by atoms with Crippen LogP contribution in [0.5, 0.6) is 0 Å². The van der Waals surface area contributed by atoms with Crippen LogP contribution >= 0.6 is 95.8 Å². The predicted octanol–water partition coefficient (Wildman–Crippen LogP) is 7.65. The molecule has 0 N–H and O–H groups in total. The third kappa shape index (κ3) is 5.15. The maximum Gasteiger partial charge on any atom is 0.0747 e. The molecule has 0 amide bonds. The van der Waals surface area contributed by atoms with Crippen molar-refractivity contribution in [1.29, 1.82) is 0 Å². The normalized spacial score (nSPS) is 25.1. The molecule has 0 nitrogen and oxygen atoms in total. The van der Waals surface area contributed by atoms with Gasteiger partial charge in [0, 0.05) is 21.3 Å². The largest absolute Gasteiger partial charge is 0.174 e. The summed E-state index contributed by atoms with van der Waals surface area (Å²) in [5, 5.41) is 5.56. The molecule has 8 heteroatoms. The predicted molar refractivity (Wildman–Crippen MR) is 141 cm³/mol. The summed E-state index contributed by atoms with van der Waals surface area (Å²) in [6.07, 6.45) is 4.49. The van der Waals surface area contributed by atoms with E-state index in [9.17, 15) is 0 Å². The van der Waals surface area contributed by atoms with Crippen LogP contribution in [0.25, 0.3) is 0 Å². The molecule has 0 aliphatic carbocycles. The Morgan fingerprint density at radius 2 is 1.27 bits per heavy atom. The average molecular weight is 495 g/mol. The summed E-state index contributed by atoms with van der Waals surface area (Å²) in [6.45, 7) is 0. The topological polar surface area (TPSA) is 0 Å². The van der Waals surface area contributed by atoms with Crippen LogP contribution in [0.3, 0.4) is 0 Å². The molecule has 0 bridgehead atoms. The number of thiol groups is 2. The van der Waals surface area contributed by atoms with Crippen LogP contribution < -0.4 is 0 Å². The molecule has 2 aliphatic heterocycles. The fourth-order valence-electron chi connectivity index (χ4n) is 2.91. The van der Waals surface area contributed by atoms with Gasteiger partial charge in [-0.2, -0.15) is 48.8 Å². The molecule has 0 fully saturated rings. The van der Waals surface area contributed by atoms with E-state index in [0.29, 0.717) is 19.7 Å². The summed E-state index contributed by atoms with van der Waals surface area (Å²) >= 11 is 20.8. The molecule has 0 saturated heterocycles. The van der Waals surface area contributed by atoms with Crippen molar-refractivity contribution in [3.05, 3.63) is 56.0 Å². The first-order valence-electron chi connectivity index (χ1n) is 8.10. The van der Waals surface area contributed by atoms with Crippen LogP contribution in [0.1, 0.15) is 21.6 Å². The summed E-state index contributed by atoms with van der Waals surface area (Å²) in [7, 11) is 0. The van der Waals surface area contributed by atoms with Crippen LogP contribution in [-0.4, -0.2) is 33.2 Å². The minimum atomic E-state index is 0.484. The lowest BCUT2D eigenvalue weighted by molar-refractivity contribution is 0.985. The molecule has 3 rings (SSSR count). The Bertz CT molecular complexity index is 614. The molecule has 26 heavy (non-hydrogen) atoms. The van der Waals surface area contributed by atoms with E-state index in [1.54, 1.807) is 0 Å². The van der Waals surface area contributed by atoms with Gasteiger partial charge in [0.25, 0.3) is 0 Å². The molecule has 142 valence electrons. The van der Waals surface area contributed by atoms with E-state index in [2.05, 4.69) is 72.9 Å². The van der Waals surface area contributed by atoms with Gasteiger partial charge in [0.2, 0.25) is 0 Å². The smallest absolute Gasteiger partial charge is 0.0747 e. The molecule has 4 unspecified atom stereocenters. The molecule has 1 aromatic carbocycles. The zero-order valence-corrected chi connectivity index (χ0v) is 21.2. The van der Waals surface area contributed by atoms with Gasteiger partial charge in [-0.05, 0) is 34.5 Å². The fourth-order valence-corrected chi connectivity index (χ4v) is 12.1. The van der Waals surface area contributed by atoms with E-state index < -0.39 is 0 Å². The monoisotopic (exact) mass is 494 g/mol. The summed E-state index contributed by atoms with van der Waals surface area (Å²) in [6, 6.07) is 9.08. The number of rotatable bonds is 8.